The van der Waals surface area contributed by atoms with Gasteiger partial charge in [0.1, 0.15) is 19.3 Å². The zero-order valence-electron chi connectivity index (χ0n) is 64.6. The van der Waals surface area contributed by atoms with E-state index in [-0.39, 0.29) is 25.7 Å². The van der Waals surface area contributed by atoms with Gasteiger partial charge in [0.15, 0.2) is 12.2 Å². The highest BCUT2D eigenvalue weighted by molar-refractivity contribution is 7.47. The van der Waals surface area contributed by atoms with Crippen LogP contribution in [-0.4, -0.2) is 96.7 Å². The number of phosphoric ester groups is 2. The van der Waals surface area contributed by atoms with Crippen molar-refractivity contribution < 1.29 is 80.2 Å². The molecule has 0 spiro atoms. The molecule has 0 aromatic heterocycles. The highest BCUT2D eigenvalue weighted by Gasteiger charge is 2.30. The Hall–Kier alpha value is -1.94. The van der Waals surface area contributed by atoms with Crippen LogP contribution in [0.5, 0.6) is 0 Å². The molecule has 5 atom stereocenters. The Labute approximate surface area is 607 Å². The van der Waals surface area contributed by atoms with Gasteiger partial charge in [0.25, 0.3) is 0 Å². The molecule has 0 aromatic rings. The highest BCUT2D eigenvalue weighted by Crippen LogP contribution is 2.45. The number of hydrogen-bond donors (Lipinski definition) is 3. The number of ether oxygens (including phenoxy) is 4. The summed E-state index contributed by atoms with van der Waals surface area (Å²) in [6.45, 7) is 7.32. The van der Waals surface area contributed by atoms with Crippen molar-refractivity contribution in [3.8, 4) is 0 Å². The second-order valence-electron chi connectivity index (χ2n) is 29.3. The van der Waals surface area contributed by atoms with E-state index >= 15 is 0 Å². The third-order valence-electron chi connectivity index (χ3n) is 18.8. The molecule has 0 amide bonds. The van der Waals surface area contributed by atoms with Gasteiger partial charge in [-0.05, 0) is 31.6 Å². The van der Waals surface area contributed by atoms with Crippen LogP contribution in [0.25, 0.3) is 0 Å². The summed E-state index contributed by atoms with van der Waals surface area (Å²) in [5, 5.41) is 10.6. The van der Waals surface area contributed by atoms with Gasteiger partial charge < -0.3 is 33.8 Å². The molecule has 0 aliphatic heterocycles. The van der Waals surface area contributed by atoms with Crippen LogP contribution in [0, 0.1) is 5.92 Å². The van der Waals surface area contributed by atoms with Crippen LogP contribution >= 0.6 is 15.6 Å². The molecule has 3 N–H and O–H groups in total. The van der Waals surface area contributed by atoms with Crippen molar-refractivity contribution in [3.63, 3.8) is 0 Å². The first-order valence-corrected chi connectivity index (χ1v) is 44.6. The molecular formula is C80H156O17P2. The van der Waals surface area contributed by atoms with E-state index in [1.807, 2.05) is 0 Å². The molecule has 0 bridgehead atoms. The number of hydrogen-bond acceptors (Lipinski definition) is 15. The number of rotatable bonds is 80. The Kier molecular flexibility index (Phi) is 71.6. The molecule has 0 radical (unpaired) electrons. The molecule has 0 aromatic carbocycles. The second-order valence-corrected chi connectivity index (χ2v) is 32.2. The standard InChI is InChI=1S/C80H156O17P2/c1-6-9-12-15-18-21-23-25-26-27-28-29-30-35-38-42-46-51-56-61-66-80(85)97-76(70-91-78(83)64-59-54-49-44-41-37-34-32-31-33-36-39-43-47-52-57-62-73(4)5)72-95-99(88,89)93-68-74(81)67-92-98(86,87)94-71-75(69-90-77(82)63-58-53-48-20-17-14-11-8-3)96-79(84)65-60-55-50-45-40-24-22-19-16-13-10-7-2/h73-76,81H,6-72H2,1-5H3,(H,86,87)(H,88,89)/t74-,75+,76+/m0/s1. The van der Waals surface area contributed by atoms with Crippen LogP contribution in [0.4, 0.5) is 0 Å². The van der Waals surface area contributed by atoms with E-state index in [9.17, 15) is 43.2 Å². The largest absolute Gasteiger partial charge is 0.472 e. The Morgan fingerprint density at radius 3 is 0.687 bits per heavy atom. The van der Waals surface area contributed by atoms with Crippen molar-refractivity contribution in [3.05, 3.63) is 0 Å². The molecule has 0 saturated heterocycles. The first-order chi connectivity index (χ1) is 48.0. The topological polar surface area (TPSA) is 237 Å². The molecule has 588 valence electrons. The average molecular weight is 1450 g/mol. The van der Waals surface area contributed by atoms with Crippen LogP contribution < -0.4 is 0 Å². The molecule has 0 heterocycles. The van der Waals surface area contributed by atoms with Crippen LogP contribution in [0.3, 0.4) is 0 Å². The fraction of sp³-hybridized carbons (Fsp3) is 0.950. The summed E-state index contributed by atoms with van der Waals surface area (Å²) in [6.07, 6.45) is 63.9. The van der Waals surface area contributed by atoms with Gasteiger partial charge in [-0.1, -0.05) is 375 Å². The molecule has 19 heteroatoms. The summed E-state index contributed by atoms with van der Waals surface area (Å²) >= 11 is 0. The summed E-state index contributed by atoms with van der Waals surface area (Å²) in [6, 6.07) is 0. The summed E-state index contributed by atoms with van der Waals surface area (Å²) in [5.41, 5.74) is 0. The van der Waals surface area contributed by atoms with E-state index in [4.69, 9.17) is 37.0 Å². The Morgan fingerprint density at radius 1 is 0.273 bits per heavy atom. The third-order valence-corrected chi connectivity index (χ3v) is 20.7. The number of aliphatic hydroxyl groups excluding tert-OH is 1. The Balaban J connectivity index is 5.18. The van der Waals surface area contributed by atoms with Crippen molar-refractivity contribution in [2.45, 2.75) is 445 Å². The third kappa shape index (κ3) is 74.1. The number of unbranched alkanes of at least 4 members (excludes halogenated alkanes) is 52. The van der Waals surface area contributed by atoms with Gasteiger partial charge in [-0.15, -0.1) is 0 Å². The lowest BCUT2D eigenvalue weighted by molar-refractivity contribution is -0.161. The van der Waals surface area contributed by atoms with Crippen molar-refractivity contribution in [1.29, 1.82) is 0 Å². The van der Waals surface area contributed by atoms with Gasteiger partial charge in [0.05, 0.1) is 26.4 Å². The molecule has 99 heavy (non-hydrogen) atoms. The summed E-state index contributed by atoms with van der Waals surface area (Å²) in [7, 11) is -9.91. The molecule has 17 nitrogen and oxygen atoms in total. The maximum atomic E-state index is 13.1. The van der Waals surface area contributed by atoms with E-state index in [1.165, 1.54) is 244 Å². The number of carbonyl (C=O) groups excluding carboxylic acids is 4. The predicted octanol–water partition coefficient (Wildman–Crippen LogP) is 24.0. The predicted molar refractivity (Wildman–Crippen MR) is 405 cm³/mol. The lowest BCUT2D eigenvalue weighted by Crippen LogP contribution is -2.30. The zero-order valence-corrected chi connectivity index (χ0v) is 66.4. The first-order valence-electron chi connectivity index (χ1n) is 41.6. The van der Waals surface area contributed by atoms with Crippen LogP contribution in [-0.2, 0) is 65.4 Å². The fourth-order valence-electron chi connectivity index (χ4n) is 12.4. The second kappa shape index (κ2) is 73.0. The number of esters is 4. The smallest absolute Gasteiger partial charge is 0.462 e. The van der Waals surface area contributed by atoms with E-state index in [0.717, 1.165) is 102 Å². The molecule has 2 unspecified atom stereocenters. The fourth-order valence-corrected chi connectivity index (χ4v) is 14.0. The van der Waals surface area contributed by atoms with E-state index in [1.54, 1.807) is 0 Å². The van der Waals surface area contributed by atoms with Gasteiger partial charge in [0, 0.05) is 25.7 Å². The Morgan fingerprint density at radius 2 is 0.465 bits per heavy atom. The number of phosphoric acid groups is 2. The lowest BCUT2D eigenvalue weighted by Gasteiger charge is -2.21. The molecule has 0 saturated carbocycles. The molecule has 0 rings (SSSR count). The van der Waals surface area contributed by atoms with Crippen molar-refractivity contribution in [2.75, 3.05) is 39.6 Å². The van der Waals surface area contributed by atoms with Gasteiger partial charge in [-0.3, -0.25) is 37.3 Å². The molecule has 0 fully saturated rings. The monoisotopic (exact) mass is 1450 g/mol. The lowest BCUT2D eigenvalue weighted by atomic mass is 10.0. The van der Waals surface area contributed by atoms with E-state index in [2.05, 4.69) is 34.6 Å². The summed E-state index contributed by atoms with van der Waals surface area (Å²) < 4.78 is 68.6. The number of carbonyl (C=O) groups is 4. The van der Waals surface area contributed by atoms with Crippen LogP contribution in [0.15, 0.2) is 0 Å². The van der Waals surface area contributed by atoms with Crippen LogP contribution in [0.1, 0.15) is 426 Å². The van der Waals surface area contributed by atoms with Gasteiger partial charge >= 0.3 is 39.5 Å². The minimum Gasteiger partial charge on any atom is -0.462 e. The highest BCUT2D eigenvalue weighted by atomic mass is 31.2. The summed E-state index contributed by atoms with van der Waals surface area (Å²) in [5.74, 6) is -1.30. The van der Waals surface area contributed by atoms with Gasteiger partial charge in [0.2, 0.25) is 0 Å². The average Bonchev–Trinajstić information content (AvgIpc) is 0.985. The number of aliphatic hydroxyl groups is 1. The normalized spacial score (nSPS) is 13.9. The summed E-state index contributed by atoms with van der Waals surface area (Å²) in [4.78, 5) is 72.8. The molecule has 0 aliphatic rings. The van der Waals surface area contributed by atoms with Crippen molar-refractivity contribution >= 4 is 39.5 Å². The van der Waals surface area contributed by atoms with Crippen molar-refractivity contribution in [2.24, 2.45) is 5.92 Å². The van der Waals surface area contributed by atoms with Crippen molar-refractivity contribution in [1.82, 2.24) is 0 Å². The minimum absolute atomic E-state index is 0.108. The minimum atomic E-state index is -4.96. The van der Waals surface area contributed by atoms with Crippen LogP contribution in [0.2, 0.25) is 0 Å². The van der Waals surface area contributed by atoms with Gasteiger partial charge in [-0.2, -0.15) is 0 Å². The Bertz CT molecular complexity index is 1890. The van der Waals surface area contributed by atoms with E-state index < -0.39 is 97.5 Å². The first kappa shape index (κ1) is 97.1. The molecular weight excluding hydrogens is 1290 g/mol. The van der Waals surface area contributed by atoms with Gasteiger partial charge in [-0.25, -0.2) is 9.13 Å². The quantitative estimate of drug-likeness (QED) is 0.0222. The SMILES string of the molecule is CCCCCCCCCCCCCCCCCCCCCCC(=O)O[C@H](COC(=O)CCCCCCCCCCCCCCCCCCC(C)C)COP(=O)(O)OC[C@@H](O)COP(=O)(O)OC[C@@H](COC(=O)CCCCCCCCCC)OC(=O)CCCCCCCCCCCCCC. The maximum Gasteiger partial charge on any atom is 0.472 e. The zero-order chi connectivity index (χ0) is 72.7. The molecule has 0 aliphatic carbocycles. The maximum absolute atomic E-state index is 13.1. The van der Waals surface area contributed by atoms with E-state index in [0.29, 0.717) is 25.7 Å².